The fraction of sp³-hybridized carbons (Fsp3) is 0.391. The molecule has 0 unspecified atom stereocenters. The summed E-state index contributed by atoms with van der Waals surface area (Å²) in [5, 5.41) is 1.39. The number of nitrogens with zero attached hydrogens (tertiary/aromatic N) is 3. The topological polar surface area (TPSA) is 36.4 Å². The van der Waals surface area contributed by atoms with Gasteiger partial charge in [-0.1, -0.05) is 55.8 Å². The zero-order chi connectivity index (χ0) is 21.3. The van der Waals surface area contributed by atoms with E-state index in [0.29, 0.717) is 22.3 Å². The van der Waals surface area contributed by atoms with Crippen LogP contribution < -0.4 is 4.90 Å². The number of aryl methyl sites for hydroxylation is 1. The molecule has 0 fully saturated rings. The van der Waals surface area contributed by atoms with E-state index in [0.717, 1.165) is 22.3 Å². The Labute approximate surface area is 182 Å². The number of amides is 1. The fourth-order valence-electron chi connectivity index (χ4n) is 3.11. The molecule has 154 valence electrons. The number of hydrogen-bond acceptors (Lipinski definition) is 4. The molecule has 0 aliphatic carbocycles. The molecular weight excluding hydrogens is 402 g/mol. The summed E-state index contributed by atoms with van der Waals surface area (Å²) in [4.78, 5) is 22.0. The second kappa shape index (κ2) is 8.42. The Balaban J connectivity index is 1.98. The molecule has 6 heteroatoms. The summed E-state index contributed by atoms with van der Waals surface area (Å²) in [5.41, 5.74) is 3.85. The van der Waals surface area contributed by atoms with Crippen molar-refractivity contribution in [3.05, 3.63) is 58.1 Å². The molecule has 0 saturated carbocycles. The number of anilines is 1. The maximum Gasteiger partial charge on any atom is 0.260 e. The number of thiazole rings is 1. The molecule has 1 aromatic heterocycles. The number of halogens is 1. The van der Waals surface area contributed by atoms with Crippen LogP contribution in [0.25, 0.3) is 10.2 Å². The number of aromatic nitrogens is 1. The van der Waals surface area contributed by atoms with E-state index in [9.17, 15) is 4.79 Å². The van der Waals surface area contributed by atoms with Crippen LogP contribution in [0.4, 0.5) is 5.13 Å². The van der Waals surface area contributed by atoms with E-state index >= 15 is 0 Å². The second-order valence-corrected chi connectivity index (χ2v) is 10.1. The van der Waals surface area contributed by atoms with E-state index < -0.39 is 0 Å². The van der Waals surface area contributed by atoms with Gasteiger partial charge in [0, 0.05) is 23.7 Å². The molecule has 0 atom stereocenters. The van der Waals surface area contributed by atoms with Crippen LogP contribution in [0.3, 0.4) is 0 Å². The molecule has 1 amide bonds. The zero-order valence-corrected chi connectivity index (χ0v) is 19.5. The standard InChI is InChI=1S/C23H28ClN3OS/c1-15-13-18(24)14-19-20(15)25-22(29-19)27(12-11-26(5)6)21(28)16-7-9-17(10-8-16)23(2,3)4/h7-10,13-14H,11-12H2,1-6H3. The van der Waals surface area contributed by atoms with Gasteiger partial charge in [-0.25, -0.2) is 4.98 Å². The van der Waals surface area contributed by atoms with E-state index in [1.54, 1.807) is 4.90 Å². The first-order valence-electron chi connectivity index (χ1n) is 9.70. The molecule has 0 radical (unpaired) electrons. The lowest BCUT2D eigenvalue weighted by Gasteiger charge is -2.23. The van der Waals surface area contributed by atoms with E-state index in [-0.39, 0.29) is 11.3 Å². The number of carbonyl (C=O) groups is 1. The van der Waals surface area contributed by atoms with Crippen LogP contribution in [0.5, 0.6) is 0 Å². The average Bonchev–Trinajstić information content (AvgIpc) is 3.05. The van der Waals surface area contributed by atoms with Crippen LogP contribution >= 0.6 is 22.9 Å². The molecule has 3 aromatic rings. The molecule has 0 aliphatic rings. The van der Waals surface area contributed by atoms with Gasteiger partial charge in [-0.15, -0.1) is 0 Å². The predicted octanol–water partition coefficient (Wildman–Crippen LogP) is 5.76. The van der Waals surface area contributed by atoms with Crippen molar-refractivity contribution in [2.24, 2.45) is 0 Å². The van der Waals surface area contributed by atoms with Crippen LogP contribution in [0.1, 0.15) is 42.3 Å². The van der Waals surface area contributed by atoms with Crippen molar-refractivity contribution < 1.29 is 4.79 Å². The molecule has 1 heterocycles. The molecule has 4 nitrogen and oxygen atoms in total. The van der Waals surface area contributed by atoms with Crippen molar-refractivity contribution in [3.8, 4) is 0 Å². The van der Waals surface area contributed by atoms with Gasteiger partial charge in [0.1, 0.15) is 0 Å². The van der Waals surface area contributed by atoms with Gasteiger partial charge >= 0.3 is 0 Å². The lowest BCUT2D eigenvalue weighted by atomic mass is 9.86. The van der Waals surface area contributed by atoms with Crippen LogP contribution in [-0.4, -0.2) is 43.0 Å². The summed E-state index contributed by atoms with van der Waals surface area (Å²) in [7, 11) is 4.01. The molecule has 0 aliphatic heterocycles. The SMILES string of the molecule is Cc1cc(Cl)cc2sc(N(CCN(C)C)C(=O)c3ccc(C(C)(C)C)cc3)nc12. The van der Waals surface area contributed by atoms with Crippen LogP contribution in [0.2, 0.25) is 5.02 Å². The number of benzene rings is 2. The minimum Gasteiger partial charge on any atom is -0.308 e. The molecule has 0 spiro atoms. The highest BCUT2D eigenvalue weighted by Crippen LogP contribution is 2.33. The second-order valence-electron chi connectivity index (χ2n) is 8.65. The summed E-state index contributed by atoms with van der Waals surface area (Å²) in [6.45, 7) is 9.82. The summed E-state index contributed by atoms with van der Waals surface area (Å²) in [5.74, 6) is -0.0323. The third kappa shape index (κ3) is 4.97. The lowest BCUT2D eigenvalue weighted by Crippen LogP contribution is -2.36. The Kier molecular flexibility index (Phi) is 6.32. The highest BCUT2D eigenvalue weighted by atomic mass is 35.5. The fourth-order valence-corrected chi connectivity index (χ4v) is 4.56. The van der Waals surface area contributed by atoms with Gasteiger partial charge in [-0.3, -0.25) is 9.69 Å². The largest absolute Gasteiger partial charge is 0.308 e. The Morgan fingerprint density at radius 3 is 2.34 bits per heavy atom. The third-order valence-corrected chi connectivity index (χ3v) is 6.13. The molecule has 29 heavy (non-hydrogen) atoms. The zero-order valence-electron chi connectivity index (χ0n) is 17.9. The number of rotatable bonds is 5. The van der Waals surface area contributed by atoms with E-state index in [4.69, 9.17) is 16.6 Å². The molecule has 3 rings (SSSR count). The van der Waals surface area contributed by atoms with Crippen molar-refractivity contribution in [3.63, 3.8) is 0 Å². The molecule has 0 saturated heterocycles. The predicted molar refractivity (Wildman–Crippen MR) is 125 cm³/mol. The van der Waals surface area contributed by atoms with Gasteiger partial charge in [-0.05, 0) is 61.8 Å². The van der Waals surface area contributed by atoms with Crippen molar-refractivity contribution in [2.45, 2.75) is 33.1 Å². The van der Waals surface area contributed by atoms with Crippen LogP contribution in [0.15, 0.2) is 36.4 Å². The number of fused-ring (bicyclic) bond motifs is 1. The Morgan fingerprint density at radius 1 is 1.10 bits per heavy atom. The summed E-state index contributed by atoms with van der Waals surface area (Å²) in [6.07, 6.45) is 0. The van der Waals surface area contributed by atoms with Crippen molar-refractivity contribution >= 4 is 44.2 Å². The quantitative estimate of drug-likeness (QED) is 0.517. The Bertz CT molecular complexity index is 1020. The minimum absolute atomic E-state index is 0.0323. The van der Waals surface area contributed by atoms with Gasteiger partial charge in [0.2, 0.25) is 0 Å². The molecule has 2 aromatic carbocycles. The maximum absolute atomic E-state index is 13.4. The summed E-state index contributed by atoms with van der Waals surface area (Å²) < 4.78 is 0.996. The number of carbonyl (C=O) groups excluding carboxylic acids is 1. The van der Waals surface area contributed by atoms with E-state index in [2.05, 4.69) is 25.7 Å². The lowest BCUT2D eigenvalue weighted by molar-refractivity contribution is 0.0985. The molecule has 0 N–H and O–H groups in total. The highest BCUT2D eigenvalue weighted by molar-refractivity contribution is 7.22. The first-order chi connectivity index (χ1) is 13.6. The average molecular weight is 430 g/mol. The monoisotopic (exact) mass is 429 g/mol. The van der Waals surface area contributed by atoms with E-state index in [1.165, 1.54) is 16.9 Å². The Hall–Kier alpha value is -1.95. The van der Waals surface area contributed by atoms with Gasteiger partial charge in [0.15, 0.2) is 5.13 Å². The van der Waals surface area contributed by atoms with Crippen molar-refractivity contribution in [2.75, 3.05) is 32.1 Å². The van der Waals surface area contributed by atoms with Gasteiger partial charge < -0.3 is 4.90 Å². The summed E-state index contributed by atoms with van der Waals surface area (Å²) in [6, 6.07) is 11.7. The van der Waals surface area contributed by atoms with Gasteiger partial charge in [-0.2, -0.15) is 0 Å². The Morgan fingerprint density at radius 2 is 1.76 bits per heavy atom. The van der Waals surface area contributed by atoms with Gasteiger partial charge in [0.05, 0.1) is 10.2 Å². The molecular formula is C23H28ClN3OS. The normalized spacial score (nSPS) is 12.0. The molecule has 0 bridgehead atoms. The number of likely N-dealkylation sites (N-methyl/N-ethyl adjacent to an activating group) is 1. The minimum atomic E-state index is -0.0323. The van der Waals surface area contributed by atoms with Crippen LogP contribution in [-0.2, 0) is 5.41 Å². The maximum atomic E-state index is 13.4. The van der Waals surface area contributed by atoms with E-state index in [1.807, 2.05) is 57.4 Å². The van der Waals surface area contributed by atoms with Crippen molar-refractivity contribution in [1.29, 1.82) is 0 Å². The van der Waals surface area contributed by atoms with Crippen molar-refractivity contribution in [1.82, 2.24) is 9.88 Å². The van der Waals surface area contributed by atoms with Crippen LogP contribution in [0, 0.1) is 6.92 Å². The third-order valence-electron chi connectivity index (χ3n) is 4.88. The first-order valence-corrected chi connectivity index (χ1v) is 10.9. The first kappa shape index (κ1) is 21.8. The number of hydrogen-bond donors (Lipinski definition) is 0. The summed E-state index contributed by atoms with van der Waals surface area (Å²) >= 11 is 7.72. The highest BCUT2D eigenvalue weighted by Gasteiger charge is 2.23. The smallest absolute Gasteiger partial charge is 0.260 e. The van der Waals surface area contributed by atoms with Gasteiger partial charge in [0.25, 0.3) is 5.91 Å².